The molecule has 2 nitrogen and oxygen atoms in total. The van der Waals surface area contributed by atoms with E-state index in [0.717, 1.165) is 27.3 Å². The first-order valence-electron chi connectivity index (χ1n) is 7.43. The number of hydrogen-bond acceptors (Lipinski definition) is 3. The standard InChI is InChI=1S/C19H19ClO2S/c1-19(2)11-16(18(21)12-4-6-13(20)7-5-12)15-9-8-14(22-3)10-17(15)23-19/h4-11,18,21H,1-3H3. The number of thioether (sulfide) groups is 1. The van der Waals surface area contributed by atoms with Crippen molar-refractivity contribution in [3.8, 4) is 5.75 Å². The Balaban J connectivity index is 2.06. The molecule has 4 heteroatoms. The Morgan fingerprint density at radius 1 is 1.13 bits per heavy atom. The molecule has 0 radical (unpaired) electrons. The van der Waals surface area contributed by atoms with Crippen LogP contribution in [0.1, 0.15) is 31.1 Å². The lowest BCUT2D eigenvalue weighted by Gasteiger charge is -2.31. The van der Waals surface area contributed by atoms with Crippen molar-refractivity contribution in [1.29, 1.82) is 0 Å². The largest absolute Gasteiger partial charge is 0.497 e. The molecular weight excluding hydrogens is 328 g/mol. The van der Waals surface area contributed by atoms with Gasteiger partial charge in [0.15, 0.2) is 0 Å². The third-order valence-corrected chi connectivity index (χ3v) is 5.31. The van der Waals surface area contributed by atoms with Crippen molar-refractivity contribution in [3.63, 3.8) is 0 Å². The number of aliphatic hydroxyl groups is 1. The zero-order valence-corrected chi connectivity index (χ0v) is 14.9. The fourth-order valence-electron chi connectivity index (χ4n) is 2.77. The third kappa shape index (κ3) is 3.42. The first-order chi connectivity index (χ1) is 10.9. The smallest absolute Gasteiger partial charge is 0.120 e. The molecule has 1 atom stereocenters. The monoisotopic (exact) mass is 346 g/mol. The Morgan fingerprint density at radius 3 is 2.48 bits per heavy atom. The average Bonchev–Trinajstić information content (AvgIpc) is 2.52. The van der Waals surface area contributed by atoms with Gasteiger partial charge in [-0.3, -0.25) is 0 Å². The summed E-state index contributed by atoms with van der Waals surface area (Å²) in [6.45, 7) is 4.29. The summed E-state index contributed by atoms with van der Waals surface area (Å²) in [6.07, 6.45) is 1.46. The van der Waals surface area contributed by atoms with E-state index in [1.807, 2.05) is 30.3 Å². The first-order valence-corrected chi connectivity index (χ1v) is 8.63. The van der Waals surface area contributed by atoms with Crippen LogP contribution in [0, 0.1) is 0 Å². The molecule has 2 aromatic carbocycles. The number of halogens is 1. The SMILES string of the molecule is COc1ccc2c(c1)SC(C)(C)C=C2C(O)c1ccc(Cl)cc1. The van der Waals surface area contributed by atoms with Gasteiger partial charge in [0.2, 0.25) is 0 Å². The van der Waals surface area contributed by atoms with Gasteiger partial charge in [-0.05, 0) is 60.9 Å². The van der Waals surface area contributed by atoms with Gasteiger partial charge in [0.05, 0.1) is 7.11 Å². The highest BCUT2D eigenvalue weighted by Crippen LogP contribution is 2.48. The Bertz CT molecular complexity index is 750. The maximum absolute atomic E-state index is 10.9. The molecule has 0 aliphatic carbocycles. The molecule has 0 fully saturated rings. The van der Waals surface area contributed by atoms with Crippen molar-refractivity contribution >= 4 is 28.9 Å². The molecule has 0 aromatic heterocycles. The van der Waals surface area contributed by atoms with Gasteiger partial charge >= 0.3 is 0 Å². The lowest BCUT2D eigenvalue weighted by molar-refractivity contribution is 0.237. The van der Waals surface area contributed by atoms with Crippen molar-refractivity contribution < 1.29 is 9.84 Å². The van der Waals surface area contributed by atoms with Gasteiger partial charge in [0.25, 0.3) is 0 Å². The van der Waals surface area contributed by atoms with Crippen LogP contribution in [0.2, 0.25) is 5.02 Å². The van der Waals surface area contributed by atoms with Crippen molar-refractivity contribution in [3.05, 3.63) is 64.7 Å². The molecule has 23 heavy (non-hydrogen) atoms. The molecule has 0 bridgehead atoms. The lowest BCUT2D eigenvalue weighted by Crippen LogP contribution is -2.18. The second kappa shape index (κ2) is 6.23. The molecular formula is C19H19ClO2S. The summed E-state index contributed by atoms with van der Waals surface area (Å²) in [5, 5.41) is 11.6. The molecule has 0 saturated carbocycles. The summed E-state index contributed by atoms with van der Waals surface area (Å²) in [6, 6.07) is 13.3. The number of aliphatic hydroxyl groups excluding tert-OH is 1. The molecule has 1 N–H and O–H groups in total. The van der Waals surface area contributed by atoms with E-state index in [1.165, 1.54) is 0 Å². The summed E-state index contributed by atoms with van der Waals surface area (Å²) in [5.41, 5.74) is 2.82. The molecule has 1 aliphatic heterocycles. The minimum atomic E-state index is -0.681. The van der Waals surface area contributed by atoms with E-state index in [4.69, 9.17) is 16.3 Å². The minimum Gasteiger partial charge on any atom is -0.497 e. The summed E-state index contributed by atoms with van der Waals surface area (Å²) >= 11 is 7.72. The van der Waals surface area contributed by atoms with Crippen LogP contribution in [-0.4, -0.2) is 17.0 Å². The topological polar surface area (TPSA) is 29.5 Å². The number of fused-ring (bicyclic) bond motifs is 1. The van der Waals surface area contributed by atoms with Gasteiger partial charge in [-0.25, -0.2) is 0 Å². The number of benzene rings is 2. The van der Waals surface area contributed by atoms with Crippen LogP contribution in [0.4, 0.5) is 0 Å². The second-order valence-electron chi connectivity index (χ2n) is 6.12. The van der Waals surface area contributed by atoms with E-state index in [-0.39, 0.29) is 4.75 Å². The maximum atomic E-state index is 10.9. The second-order valence-corrected chi connectivity index (χ2v) is 8.25. The van der Waals surface area contributed by atoms with Crippen LogP contribution >= 0.6 is 23.4 Å². The number of ether oxygens (including phenoxy) is 1. The van der Waals surface area contributed by atoms with Crippen molar-refractivity contribution in [1.82, 2.24) is 0 Å². The highest BCUT2D eigenvalue weighted by atomic mass is 35.5. The maximum Gasteiger partial charge on any atom is 0.120 e. The van der Waals surface area contributed by atoms with E-state index in [1.54, 1.807) is 31.0 Å². The van der Waals surface area contributed by atoms with Gasteiger partial charge in [0, 0.05) is 14.7 Å². The molecule has 1 heterocycles. The Morgan fingerprint density at radius 2 is 1.83 bits per heavy atom. The van der Waals surface area contributed by atoms with Crippen molar-refractivity contribution in [2.45, 2.75) is 29.6 Å². The van der Waals surface area contributed by atoms with Gasteiger partial charge < -0.3 is 9.84 Å². The molecule has 0 spiro atoms. The molecule has 1 unspecified atom stereocenters. The molecule has 0 saturated heterocycles. The highest BCUT2D eigenvalue weighted by Gasteiger charge is 2.30. The summed E-state index contributed by atoms with van der Waals surface area (Å²) < 4.78 is 5.24. The number of rotatable bonds is 3. The third-order valence-electron chi connectivity index (χ3n) is 3.86. The van der Waals surface area contributed by atoms with Crippen LogP contribution in [0.5, 0.6) is 5.75 Å². The van der Waals surface area contributed by atoms with Gasteiger partial charge in [0.1, 0.15) is 11.9 Å². The molecule has 2 aromatic rings. The highest BCUT2D eigenvalue weighted by molar-refractivity contribution is 8.01. The van der Waals surface area contributed by atoms with E-state index in [9.17, 15) is 5.11 Å². The van der Waals surface area contributed by atoms with Gasteiger partial charge in [-0.1, -0.05) is 29.8 Å². The number of hydrogen-bond donors (Lipinski definition) is 1. The normalized spacial score (nSPS) is 17.2. The average molecular weight is 347 g/mol. The van der Waals surface area contributed by atoms with Crippen LogP contribution in [0.25, 0.3) is 5.57 Å². The molecule has 1 aliphatic rings. The quantitative estimate of drug-likeness (QED) is 0.812. The van der Waals surface area contributed by atoms with Gasteiger partial charge in [-0.15, -0.1) is 11.8 Å². The van der Waals surface area contributed by atoms with Crippen LogP contribution < -0.4 is 4.74 Å². The van der Waals surface area contributed by atoms with E-state index < -0.39 is 6.10 Å². The predicted molar refractivity (Wildman–Crippen MR) is 97.3 cm³/mol. The van der Waals surface area contributed by atoms with Crippen LogP contribution in [0.3, 0.4) is 0 Å². The summed E-state index contributed by atoms with van der Waals surface area (Å²) in [7, 11) is 1.67. The van der Waals surface area contributed by atoms with Gasteiger partial charge in [-0.2, -0.15) is 0 Å². The fraction of sp³-hybridized carbons (Fsp3) is 0.263. The van der Waals surface area contributed by atoms with E-state index >= 15 is 0 Å². The molecule has 3 rings (SSSR count). The fourth-order valence-corrected chi connectivity index (χ4v) is 4.12. The predicted octanol–water partition coefficient (Wildman–Crippen LogP) is 5.35. The summed E-state index contributed by atoms with van der Waals surface area (Å²) in [4.78, 5) is 1.12. The van der Waals surface area contributed by atoms with Crippen LogP contribution in [0.15, 0.2) is 53.4 Å². The molecule has 0 amide bonds. The Hall–Kier alpha value is -1.42. The van der Waals surface area contributed by atoms with Crippen LogP contribution in [-0.2, 0) is 0 Å². The number of methoxy groups -OCH3 is 1. The van der Waals surface area contributed by atoms with Crippen molar-refractivity contribution in [2.75, 3.05) is 7.11 Å². The Labute approximate surface area is 146 Å². The minimum absolute atomic E-state index is 0.0951. The Kier molecular flexibility index (Phi) is 4.45. The van der Waals surface area contributed by atoms with Crippen molar-refractivity contribution in [2.24, 2.45) is 0 Å². The zero-order valence-electron chi connectivity index (χ0n) is 13.3. The van der Waals surface area contributed by atoms with E-state index in [0.29, 0.717) is 5.02 Å². The first kappa shape index (κ1) is 16.4. The van der Waals surface area contributed by atoms with E-state index in [2.05, 4.69) is 19.9 Å². The molecule has 120 valence electrons. The summed E-state index contributed by atoms with van der Waals surface area (Å²) in [5.74, 6) is 0.828. The zero-order chi connectivity index (χ0) is 16.6. The lowest BCUT2D eigenvalue weighted by atomic mass is 9.91.